The minimum absolute atomic E-state index is 0.148. The summed E-state index contributed by atoms with van der Waals surface area (Å²) in [6, 6.07) is 7.06. The molecule has 0 saturated carbocycles. The van der Waals surface area contributed by atoms with Gasteiger partial charge in [-0.3, -0.25) is 0 Å². The van der Waals surface area contributed by atoms with Crippen LogP contribution < -0.4 is 5.73 Å². The molecule has 0 bridgehead atoms. The van der Waals surface area contributed by atoms with E-state index in [-0.39, 0.29) is 12.1 Å². The van der Waals surface area contributed by atoms with Crippen LogP contribution in [0.2, 0.25) is 0 Å². The number of ether oxygens (including phenoxy) is 1. The molecule has 3 atom stereocenters. The van der Waals surface area contributed by atoms with Gasteiger partial charge >= 0.3 is 0 Å². The zero-order valence-electron chi connectivity index (χ0n) is 11.2. The number of nitrogens with two attached hydrogens (primary N) is 1. The summed E-state index contributed by atoms with van der Waals surface area (Å²) in [6.45, 7) is 2.14. The SMILES string of the molecule is CC1CCC(C(N)Cc2ccc3c(c2)CCC3)O1. The van der Waals surface area contributed by atoms with Gasteiger partial charge in [0.15, 0.2) is 0 Å². The largest absolute Gasteiger partial charge is 0.374 e. The van der Waals surface area contributed by atoms with Crippen LogP contribution in [0.3, 0.4) is 0 Å². The number of rotatable bonds is 3. The van der Waals surface area contributed by atoms with Gasteiger partial charge in [-0.2, -0.15) is 0 Å². The van der Waals surface area contributed by atoms with Crippen molar-refractivity contribution in [3.8, 4) is 0 Å². The summed E-state index contributed by atoms with van der Waals surface area (Å²) in [5.41, 5.74) is 10.8. The van der Waals surface area contributed by atoms with E-state index in [0.717, 1.165) is 19.3 Å². The maximum Gasteiger partial charge on any atom is 0.0733 e. The molecule has 1 aromatic rings. The van der Waals surface area contributed by atoms with Crippen LogP contribution in [0.1, 0.15) is 42.9 Å². The zero-order valence-corrected chi connectivity index (χ0v) is 11.2. The maximum absolute atomic E-state index is 6.29. The molecule has 1 aliphatic carbocycles. The van der Waals surface area contributed by atoms with Crippen molar-refractivity contribution in [1.29, 1.82) is 0 Å². The molecule has 18 heavy (non-hydrogen) atoms. The summed E-state index contributed by atoms with van der Waals surface area (Å²) in [5.74, 6) is 0. The fourth-order valence-corrected chi connectivity index (χ4v) is 3.30. The first-order chi connectivity index (χ1) is 8.72. The third-order valence-electron chi connectivity index (χ3n) is 4.38. The summed E-state index contributed by atoms with van der Waals surface area (Å²) in [5, 5.41) is 0. The molecule has 1 aliphatic heterocycles. The van der Waals surface area contributed by atoms with Crippen LogP contribution in [0.5, 0.6) is 0 Å². The quantitative estimate of drug-likeness (QED) is 0.888. The van der Waals surface area contributed by atoms with Crippen molar-refractivity contribution in [2.75, 3.05) is 0 Å². The van der Waals surface area contributed by atoms with Crippen LogP contribution in [0.25, 0.3) is 0 Å². The van der Waals surface area contributed by atoms with E-state index in [0.29, 0.717) is 6.10 Å². The molecule has 2 N–H and O–H groups in total. The molecule has 3 rings (SSSR count). The van der Waals surface area contributed by atoms with Gasteiger partial charge in [0.1, 0.15) is 0 Å². The van der Waals surface area contributed by atoms with Gasteiger partial charge in [0.05, 0.1) is 12.2 Å². The molecule has 1 fully saturated rings. The molecular formula is C16H23NO. The van der Waals surface area contributed by atoms with Gasteiger partial charge in [0, 0.05) is 6.04 Å². The molecule has 2 heteroatoms. The fourth-order valence-electron chi connectivity index (χ4n) is 3.30. The highest BCUT2D eigenvalue weighted by Crippen LogP contribution is 2.25. The lowest BCUT2D eigenvalue weighted by Crippen LogP contribution is -2.36. The van der Waals surface area contributed by atoms with Crippen molar-refractivity contribution in [3.63, 3.8) is 0 Å². The molecule has 1 aromatic carbocycles. The second-order valence-electron chi connectivity index (χ2n) is 5.89. The van der Waals surface area contributed by atoms with E-state index in [9.17, 15) is 0 Å². The fraction of sp³-hybridized carbons (Fsp3) is 0.625. The Morgan fingerprint density at radius 2 is 2.11 bits per heavy atom. The third-order valence-corrected chi connectivity index (χ3v) is 4.38. The highest BCUT2D eigenvalue weighted by Gasteiger charge is 2.27. The highest BCUT2D eigenvalue weighted by atomic mass is 16.5. The van der Waals surface area contributed by atoms with Gasteiger partial charge in [-0.25, -0.2) is 0 Å². The lowest BCUT2D eigenvalue weighted by Gasteiger charge is -2.19. The van der Waals surface area contributed by atoms with E-state index in [1.54, 1.807) is 5.56 Å². The second-order valence-corrected chi connectivity index (χ2v) is 5.89. The topological polar surface area (TPSA) is 35.2 Å². The molecule has 1 heterocycles. The Morgan fingerprint density at radius 3 is 2.89 bits per heavy atom. The minimum Gasteiger partial charge on any atom is -0.374 e. The van der Waals surface area contributed by atoms with Crippen molar-refractivity contribution in [2.45, 2.75) is 63.7 Å². The first-order valence-electron chi connectivity index (χ1n) is 7.24. The molecule has 98 valence electrons. The third kappa shape index (κ3) is 2.45. The predicted molar refractivity (Wildman–Crippen MR) is 73.7 cm³/mol. The second kappa shape index (κ2) is 5.02. The van der Waals surface area contributed by atoms with Crippen LogP contribution >= 0.6 is 0 Å². The molecule has 0 radical (unpaired) electrons. The maximum atomic E-state index is 6.29. The molecule has 2 aliphatic rings. The van der Waals surface area contributed by atoms with Gasteiger partial charge in [-0.15, -0.1) is 0 Å². The Bertz CT molecular complexity index is 429. The van der Waals surface area contributed by atoms with E-state index >= 15 is 0 Å². The first kappa shape index (κ1) is 12.2. The molecule has 3 unspecified atom stereocenters. The number of benzene rings is 1. The van der Waals surface area contributed by atoms with Crippen LogP contribution in [-0.4, -0.2) is 18.2 Å². The van der Waals surface area contributed by atoms with Gasteiger partial charge in [-0.1, -0.05) is 18.2 Å². The molecule has 2 nitrogen and oxygen atoms in total. The Morgan fingerprint density at radius 1 is 1.28 bits per heavy atom. The average molecular weight is 245 g/mol. The van der Waals surface area contributed by atoms with E-state index in [1.807, 2.05) is 0 Å². The van der Waals surface area contributed by atoms with E-state index < -0.39 is 0 Å². The number of hydrogen-bond acceptors (Lipinski definition) is 2. The van der Waals surface area contributed by atoms with E-state index in [4.69, 9.17) is 10.5 Å². The number of hydrogen-bond donors (Lipinski definition) is 1. The number of fused-ring (bicyclic) bond motifs is 1. The molecule has 1 saturated heterocycles. The summed E-state index contributed by atoms with van der Waals surface area (Å²) in [6.07, 6.45) is 7.68. The van der Waals surface area contributed by atoms with Gasteiger partial charge in [-0.05, 0) is 62.1 Å². The smallest absolute Gasteiger partial charge is 0.0733 e. The Kier molecular flexibility index (Phi) is 3.40. The highest BCUT2D eigenvalue weighted by molar-refractivity contribution is 5.35. The van der Waals surface area contributed by atoms with Crippen molar-refractivity contribution in [3.05, 3.63) is 34.9 Å². The first-order valence-corrected chi connectivity index (χ1v) is 7.24. The van der Waals surface area contributed by atoms with Crippen LogP contribution in [0.4, 0.5) is 0 Å². The lowest BCUT2D eigenvalue weighted by atomic mass is 9.97. The molecular weight excluding hydrogens is 222 g/mol. The van der Waals surface area contributed by atoms with Gasteiger partial charge in [0.2, 0.25) is 0 Å². The molecule has 0 amide bonds. The summed E-state index contributed by atoms with van der Waals surface area (Å²) in [4.78, 5) is 0. The van der Waals surface area contributed by atoms with Crippen LogP contribution in [-0.2, 0) is 24.0 Å². The normalized spacial score (nSPS) is 28.3. The van der Waals surface area contributed by atoms with E-state index in [1.165, 1.54) is 30.4 Å². The monoisotopic (exact) mass is 245 g/mol. The van der Waals surface area contributed by atoms with Gasteiger partial charge in [0.25, 0.3) is 0 Å². The Labute approximate surface area is 110 Å². The number of aryl methyl sites for hydroxylation is 2. The summed E-state index contributed by atoms with van der Waals surface area (Å²) in [7, 11) is 0. The minimum atomic E-state index is 0.148. The van der Waals surface area contributed by atoms with Crippen molar-refractivity contribution < 1.29 is 4.74 Å². The molecule has 0 spiro atoms. The van der Waals surface area contributed by atoms with Crippen LogP contribution in [0, 0.1) is 0 Å². The van der Waals surface area contributed by atoms with Crippen molar-refractivity contribution >= 4 is 0 Å². The predicted octanol–water partition coefficient (Wildman–Crippen LogP) is 2.61. The van der Waals surface area contributed by atoms with Crippen molar-refractivity contribution in [1.82, 2.24) is 0 Å². The van der Waals surface area contributed by atoms with E-state index in [2.05, 4.69) is 25.1 Å². The summed E-state index contributed by atoms with van der Waals surface area (Å²) < 4.78 is 5.86. The standard InChI is InChI=1S/C16H23NO/c1-11-5-8-16(18-11)15(17)10-12-6-7-13-3-2-4-14(13)9-12/h6-7,9,11,15-16H,2-5,8,10,17H2,1H3. The van der Waals surface area contributed by atoms with Crippen molar-refractivity contribution in [2.24, 2.45) is 5.73 Å². The average Bonchev–Trinajstić information content (AvgIpc) is 2.96. The lowest BCUT2D eigenvalue weighted by molar-refractivity contribution is 0.0404. The summed E-state index contributed by atoms with van der Waals surface area (Å²) >= 11 is 0. The zero-order chi connectivity index (χ0) is 12.5. The molecule has 0 aromatic heterocycles. The Hall–Kier alpha value is -0.860. The Balaban J connectivity index is 1.65. The van der Waals surface area contributed by atoms with Crippen LogP contribution in [0.15, 0.2) is 18.2 Å². The van der Waals surface area contributed by atoms with Gasteiger partial charge < -0.3 is 10.5 Å².